The molecule has 0 aromatic heterocycles. The Bertz CT molecular complexity index is 193. The molecule has 12 heavy (non-hydrogen) atoms. The molecule has 0 aliphatic rings. The number of ether oxygens (including phenoxy) is 1. The van der Waals surface area contributed by atoms with Gasteiger partial charge in [0.05, 0.1) is 7.11 Å². The third-order valence-corrected chi connectivity index (χ3v) is 1.53. The average molecular weight is 176 g/mol. The first kappa shape index (κ1) is 11.1. The van der Waals surface area contributed by atoms with Crippen LogP contribution < -0.4 is 0 Å². The molecule has 1 unspecified atom stereocenters. The van der Waals surface area contributed by atoms with Gasteiger partial charge in [-0.1, -0.05) is 0 Å². The highest BCUT2D eigenvalue weighted by Gasteiger charge is 2.35. The Morgan fingerprint density at radius 1 is 1.42 bits per heavy atom. The smallest absolute Gasteiger partial charge is 0.316 e. The van der Waals surface area contributed by atoms with E-state index in [-0.39, 0.29) is 0 Å². The number of Topliss-reactive ketones (excluding diaryl/α,β-unsaturated/α-hetero) is 1. The van der Waals surface area contributed by atoms with E-state index in [1.165, 1.54) is 6.92 Å². The summed E-state index contributed by atoms with van der Waals surface area (Å²) in [6.07, 6.45) is 0. The molecule has 70 valence electrons. The van der Waals surface area contributed by atoms with Crippen molar-refractivity contribution in [1.29, 1.82) is 0 Å². The van der Waals surface area contributed by atoms with E-state index in [4.69, 9.17) is 0 Å². The van der Waals surface area contributed by atoms with Crippen LogP contribution in [0.2, 0.25) is 0 Å². The molecular weight excluding hydrogens is 163 g/mol. The molecule has 0 rings (SSSR count). The summed E-state index contributed by atoms with van der Waals surface area (Å²) in [5.74, 6) is -2.49. The highest BCUT2D eigenvalue weighted by Crippen LogP contribution is 2.16. The second kappa shape index (κ2) is 3.65. The number of alkyl halides is 1. The molecule has 0 aliphatic carbocycles. The Hall–Kier alpha value is -0.930. The van der Waals surface area contributed by atoms with E-state index < -0.39 is 23.3 Å². The molecule has 4 heteroatoms. The molecule has 0 bridgehead atoms. The zero-order valence-corrected chi connectivity index (χ0v) is 7.68. The van der Waals surface area contributed by atoms with Gasteiger partial charge in [0.25, 0.3) is 0 Å². The fourth-order valence-electron chi connectivity index (χ4n) is 0.799. The van der Waals surface area contributed by atoms with Crippen molar-refractivity contribution in [3.05, 3.63) is 0 Å². The molecule has 1 atom stereocenters. The largest absolute Gasteiger partial charge is 0.468 e. The fraction of sp³-hybridized carbons (Fsp3) is 0.750. The van der Waals surface area contributed by atoms with Gasteiger partial charge in [-0.3, -0.25) is 9.59 Å². The minimum Gasteiger partial charge on any atom is -0.468 e. The second-order valence-electron chi connectivity index (χ2n) is 3.08. The van der Waals surface area contributed by atoms with E-state index in [1.54, 1.807) is 0 Å². The number of ketones is 1. The van der Waals surface area contributed by atoms with Crippen molar-refractivity contribution >= 4 is 11.8 Å². The summed E-state index contributed by atoms with van der Waals surface area (Å²) in [4.78, 5) is 21.9. The molecule has 0 saturated carbocycles. The van der Waals surface area contributed by atoms with Gasteiger partial charge in [0.2, 0.25) is 0 Å². The van der Waals surface area contributed by atoms with Gasteiger partial charge in [0, 0.05) is 0 Å². The minimum absolute atomic E-state index is 0.703. The third-order valence-electron chi connectivity index (χ3n) is 1.53. The molecule has 0 saturated heterocycles. The summed E-state index contributed by atoms with van der Waals surface area (Å²) in [7, 11) is 1.16. The lowest BCUT2D eigenvalue weighted by molar-refractivity contribution is -0.151. The normalized spacial score (nSPS) is 13.8. The standard InChI is InChI=1S/C8H13FO3/c1-5(7(11)12-4)6(10)8(2,3)9/h5H,1-4H3. The Morgan fingerprint density at radius 3 is 2.08 bits per heavy atom. The van der Waals surface area contributed by atoms with E-state index in [0.717, 1.165) is 21.0 Å². The summed E-state index contributed by atoms with van der Waals surface area (Å²) in [5, 5.41) is 0. The van der Waals surface area contributed by atoms with E-state index >= 15 is 0 Å². The second-order valence-corrected chi connectivity index (χ2v) is 3.08. The fourth-order valence-corrected chi connectivity index (χ4v) is 0.799. The summed E-state index contributed by atoms with van der Waals surface area (Å²) >= 11 is 0. The zero-order chi connectivity index (χ0) is 9.94. The quantitative estimate of drug-likeness (QED) is 0.478. The van der Waals surface area contributed by atoms with Crippen LogP contribution in [0.25, 0.3) is 0 Å². The van der Waals surface area contributed by atoms with Gasteiger partial charge in [-0.2, -0.15) is 0 Å². The van der Waals surface area contributed by atoms with Crippen LogP contribution in [0.15, 0.2) is 0 Å². The van der Waals surface area contributed by atoms with Crippen molar-refractivity contribution in [3.8, 4) is 0 Å². The average Bonchev–Trinajstić information content (AvgIpc) is 1.98. The number of rotatable bonds is 3. The number of hydrogen-bond donors (Lipinski definition) is 0. The van der Waals surface area contributed by atoms with Gasteiger partial charge in [-0.15, -0.1) is 0 Å². The van der Waals surface area contributed by atoms with Crippen LogP contribution in [0.1, 0.15) is 20.8 Å². The molecule has 0 aromatic rings. The maximum atomic E-state index is 13.0. The molecule has 0 spiro atoms. The number of carbonyl (C=O) groups excluding carboxylic acids is 2. The monoisotopic (exact) mass is 176 g/mol. The number of carbonyl (C=O) groups is 2. The predicted molar refractivity (Wildman–Crippen MR) is 41.4 cm³/mol. The highest BCUT2D eigenvalue weighted by molar-refractivity contribution is 6.02. The lowest BCUT2D eigenvalue weighted by Gasteiger charge is -2.16. The van der Waals surface area contributed by atoms with E-state index in [0.29, 0.717) is 0 Å². The van der Waals surface area contributed by atoms with Gasteiger partial charge < -0.3 is 4.74 Å². The van der Waals surface area contributed by atoms with Gasteiger partial charge in [0.15, 0.2) is 11.5 Å². The van der Waals surface area contributed by atoms with Crippen LogP contribution in [0.4, 0.5) is 4.39 Å². The Labute approximate surface area is 70.9 Å². The summed E-state index contributed by atoms with van der Waals surface area (Å²) in [5.41, 5.74) is -1.98. The van der Waals surface area contributed by atoms with Crippen LogP contribution in [-0.2, 0) is 14.3 Å². The summed E-state index contributed by atoms with van der Waals surface area (Å²) in [6, 6.07) is 0. The number of hydrogen-bond acceptors (Lipinski definition) is 3. The lowest BCUT2D eigenvalue weighted by Crippen LogP contribution is -2.35. The molecule has 0 heterocycles. The Kier molecular flexibility index (Phi) is 3.36. The van der Waals surface area contributed by atoms with Crippen molar-refractivity contribution in [2.24, 2.45) is 5.92 Å². The van der Waals surface area contributed by atoms with Gasteiger partial charge in [-0.25, -0.2) is 4.39 Å². The molecule has 0 N–H and O–H groups in total. The van der Waals surface area contributed by atoms with Crippen LogP contribution in [0.5, 0.6) is 0 Å². The molecule has 0 aliphatic heterocycles. The first-order chi connectivity index (χ1) is 5.30. The van der Waals surface area contributed by atoms with Crippen LogP contribution in [0.3, 0.4) is 0 Å². The van der Waals surface area contributed by atoms with Crippen molar-refractivity contribution < 1.29 is 18.7 Å². The number of methoxy groups -OCH3 is 1. The van der Waals surface area contributed by atoms with Crippen molar-refractivity contribution in [3.63, 3.8) is 0 Å². The third kappa shape index (κ3) is 2.60. The van der Waals surface area contributed by atoms with Crippen molar-refractivity contribution in [2.75, 3.05) is 7.11 Å². The minimum atomic E-state index is -1.98. The molecule has 0 radical (unpaired) electrons. The maximum absolute atomic E-state index is 13.0. The lowest BCUT2D eigenvalue weighted by atomic mass is 9.95. The predicted octanol–water partition coefficient (Wildman–Crippen LogP) is 1.11. The van der Waals surface area contributed by atoms with Crippen molar-refractivity contribution in [1.82, 2.24) is 0 Å². The SMILES string of the molecule is COC(=O)C(C)C(=O)C(C)(C)F. The first-order valence-corrected chi connectivity index (χ1v) is 3.61. The van der Waals surface area contributed by atoms with Crippen LogP contribution in [-0.4, -0.2) is 24.5 Å². The molecule has 3 nitrogen and oxygen atoms in total. The van der Waals surface area contributed by atoms with E-state index in [9.17, 15) is 14.0 Å². The Morgan fingerprint density at radius 2 is 1.83 bits per heavy atom. The highest BCUT2D eigenvalue weighted by atomic mass is 19.1. The van der Waals surface area contributed by atoms with Crippen molar-refractivity contribution in [2.45, 2.75) is 26.4 Å². The molecule has 0 fully saturated rings. The maximum Gasteiger partial charge on any atom is 0.316 e. The summed E-state index contributed by atoms with van der Waals surface area (Å²) < 4.78 is 17.3. The zero-order valence-electron chi connectivity index (χ0n) is 7.68. The summed E-state index contributed by atoms with van der Waals surface area (Å²) in [6.45, 7) is 3.57. The number of esters is 1. The first-order valence-electron chi connectivity index (χ1n) is 3.61. The topological polar surface area (TPSA) is 43.4 Å². The van der Waals surface area contributed by atoms with Gasteiger partial charge in [-0.05, 0) is 20.8 Å². The molecular formula is C8H13FO3. The van der Waals surface area contributed by atoms with E-state index in [1.807, 2.05) is 0 Å². The van der Waals surface area contributed by atoms with E-state index in [2.05, 4.69) is 4.74 Å². The molecule has 0 aromatic carbocycles. The molecule has 0 amide bonds. The van der Waals surface area contributed by atoms with Crippen LogP contribution >= 0.6 is 0 Å². The number of halogens is 1. The van der Waals surface area contributed by atoms with Gasteiger partial charge in [0.1, 0.15) is 5.92 Å². The van der Waals surface area contributed by atoms with Gasteiger partial charge >= 0.3 is 5.97 Å². The Balaban J connectivity index is 4.41. The van der Waals surface area contributed by atoms with Crippen LogP contribution in [0, 0.1) is 5.92 Å².